The van der Waals surface area contributed by atoms with E-state index in [4.69, 9.17) is 29.0 Å². The van der Waals surface area contributed by atoms with E-state index in [-0.39, 0.29) is 5.41 Å². The number of thiazole rings is 1. The van der Waals surface area contributed by atoms with Gasteiger partial charge in [0.1, 0.15) is 23.8 Å². The van der Waals surface area contributed by atoms with E-state index in [9.17, 15) is 15.3 Å². The molecule has 9 nitrogen and oxygen atoms in total. The molecule has 214 valence electrons. The number of nitrogens with zero attached hydrogens (tertiary/aromatic N) is 1. The van der Waals surface area contributed by atoms with Crippen LogP contribution < -0.4 is 4.74 Å². The van der Waals surface area contributed by atoms with Crippen LogP contribution in [0.4, 0.5) is 0 Å². The zero-order valence-corrected chi connectivity index (χ0v) is 23.9. The standard InChI is InChI=1S/C29H39NO8S/c1-13-22(31)23(32)24(33)25(35-13)36-19-11-18(12-20-21(19)30-26(39-20)27(2,3)4)29(34-5)28(37-38-29)16-7-14-6-15(9-16)10-17(28)8-14/h11-17,22-25,31-33H,6-10H2,1-5H3. The van der Waals surface area contributed by atoms with Gasteiger partial charge in [0.05, 0.1) is 15.8 Å². The van der Waals surface area contributed by atoms with E-state index in [2.05, 4.69) is 26.8 Å². The maximum absolute atomic E-state index is 10.7. The van der Waals surface area contributed by atoms with Crippen LogP contribution in [0.25, 0.3) is 10.2 Å². The van der Waals surface area contributed by atoms with Crippen molar-refractivity contribution in [2.45, 2.75) is 107 Å². The number of ether oxygens (including phenoxy) is 3. The van der Waals surface area contributed by atoms with Crippen LogP contribution in [-0.4, -0.2) is 63.7 Å². The summed E-state index contributed by atoms with van der Waals surface area (Å²) in [5.41, 5.74) is 0.680. The molecule has 6 unspecified atom stereocenters. The Hall–Kier alpha value is -1.37. The van der Waals surface area contributed by atoms with Crippen LogP contribution in [-0.2, 0) is 30.5 Å². The van der Waals surface area contributed by atoms with Crippen molar-refractivity contribution in [3.05, 3.63) is 22.7 Å². The minimum absolute atomic E-state index is 0.186. The Morgan fingerprint density at radius 2 is 1.62 bits per heavy atom. The number of benzene rings is 1. The average molecular weight is 562 g/mol. The summed E-state index contributed by atoms with van der Waals surface area (Å²) >= 11 is 1.59. The highest BCUT2D eigenvalue weighted by Crippen LogP contribution is 2.69. The topological polar surface area (TPSA) is 120 Å². The molecule has 6 atom stereocenters. The quantitative estimate of drug-likeness (QED) is 0.480. The number of aliphatic hydroxyl groups excluding tert-OH is 3. The van der Waals surface area contributed by atoms with Crippen molar-refractivity contribution in [1.82, 2.24) is 4.98 Å². The Balaban J connectivity index is 1.34. The lowest BCUT2D eigenvalue weighted by atomic mass is 9.47. The highest BCUT2D eigenvalue weighted by Gasteiger charge is 2.76. The first kappa shape index (κ1) is 26.5. The van der Waals surface area contributed by atoms with Crippen LogP contribution in [0.15, 0.2) is 12.1 Å². The van der Waals surface area contributed by atoms with Gasteiger partial charge in [0.2, 0.25) is 6.29 Å². The van der Waals surface area contributed by atoms with Gasteiger partial charge in [0.25, 0.3) is 5.79 Å². The van der Waals surface area contributed by atoms with E-state index in [0.29, 0.717) is 23.1 Å². The van der Waals surface area contributed by atoms with Gasteiger partial charge in [-0.3, -0.25) is 0 Å². The molecule has 4 bridgehead atoms. The van der Waals surface area contributed by atoms with Gasteiger partial charge < -0.3 is 29.5 Å². The largest absolute Gasteiger partial charge is 0.460 e. The third kappa shape index (κ3) is 3.65. The molecule has 1 spiro atoms. The number of aliphatic hydroxyl groups is 3. The molecular formula is C29H39NO8S. The molecule has 6 fully saturated rings. The highest BCUT2D eigenvalue weighted by atomic mass is 32.1. The molecule has 2 saturated heterocycles. The maximum Gasteiger partial charge on any atom is 0.260 e. The lowest BCUT2D eigenvalue weighted by Gasteiger charge is -2.68. The van der Waals surface area contributed by atoms with Gasteiger partial charge >= 0.3 is 0 Å². The zero-order valence-electron chi connectivity index (χ0n) is 23.1. The van der Waals surface area contributed by atoms with E-state index in [0.717, 1.165) is 52.8 Å². The van der Waals surface area contributed by atoms with Crippen molar-refractivity contribution in [3.63, 3.8) is 0 Å². The first-order valence-corrected chi connectivity index (χ1v) is 15.0. The molecule has 8 rings (SSSR count). The Bertz CT molecular complexity index is 1240. The molecule has 2 aromatic rings. The molecule has 3 heterocycles. The third-order valence-electron chi connectivity index (χ3n) is 9.98. The van der Waals surface area contributed by atoms with Gasteiger partial charge in [-0.1, -0.05) is 20.8 Å². The molecule has 4 aliphatic carbocycles. The summed E-state index contributed by atoms with van der Waals surface area (Å²) in [6.07, 6.45) is -0.135. The summed E-state index contributed by atoms with van der Waals surface area (Å²) in [6, 6.07) is 3.94. The van der Waals surface area contributed by atoms with Crippen LogP contribution in [0, 0.1) is 23.7 Å². The minimum Gasteiger partial charge on any atom is -0.460 e. The molecule has 1 aromatic carbocycles. The smallest absolute Gasteiger partial charge is 0.260 e. The summed E-state index contributed by atoms with van der Waals surface area (Å²) in [5, 5.41) is 32.2. The fourth-order valence-electron chi connectivity index (χ4n) is 8.19. The second kappa shape index (κ2) is 8.82. The molecule has 1 aromatic heterocycles. The number of fused-ring (bicyclic) bond motifs is 1. The fourth-order valence-corrected chi connectivity index (χ4v) is 9.27. The Morgan fingerprint density at radius 1 is 0.949 bits per heavy atom. The van der Waals surface area contributed by atoms with Crippen LogP contribution >= 0.6 is 11.3 Å². The van der Waals surface area contributed by atoms with Crippen LogP contribution in [0.1, 0.15) is 70.4 Å². The predicted octanol–water partition coefficient (Wildman–Crippen LogP) is 3.76. The zero-order chi connectivity index (χ0) is 27.5. The molecule has 6 aliphatic rings. The second-order valence-corrected chi connectivity index (χ2v) is 14.5. The molecule has 39 heavy (non-hydrogen) atoms. The summed E-state index contributed by atoms with van der Waals surface area (Å²) in [6.45, 7) is 7.98. The highest BCUT2D eigenvalue weighted by molar-refractivity contribution is 7.18. The number of hydrogen-bond acceptors (Lipinski definition) is 10. The Morgan fingerprint density at radius 3 is 2.18 bits per heavy atom. The van der Waals surface area contributed by atoms with Gasteiger partial charge in [0.15, 0.2) is 11.4 Å². The SMILES string of the molecule is COC1(c2cc(OC3OC(C)C(O)C(O)C3O)c3nc(C(C)(C)C)sc3c2)OOC12C1CC3CC(C1)CC2C3. The number of hydrogen-bond donors (Lipinski definition) is 3. The van der Waals surface area contributed by atoms with E-state index >= 15 is 0 Å². The molecule has 0 radical (unpaired) electrons. The van der Waals surface area contributed by atoms with Gasteiger partial charge in [0, 0.05) is 18.1 Å². The molecular weight excluding hydrogens is 522 g/mol. The third-order valence-corrected chi connectivity index (χ3v) is 11.4. The van der Waals surface area contributed by atoms with Gasteiger partial charge in [-0.2, -0.15) is 4.89 Å². The molecule has 10 heteroatoms. The van der Waals surface area contributed by atoms with Crippen molar-refractivity contribution in [2.24, 2.45) is 23.7 Å². The monoisotopic (exact) mass is 561 g/mol. The average Bonchev–Trinajstić information content (AvgIpc) is 3.31. The molecule has 3 N–H and O–H groups in total. The number of methoxy groups -OCH3 is 1. The normalized spacial score (nSPS) is 45.2. The van der Waals surface area contributed by atoms with E-state index in [1.165, 1.54) is 6.42 Å². The van der Waals surface area contributed by atoms with Crippen LogP contribution in [0.2, 0.25) is 0 Å². The van der Waals surface area contributed by atoms with Gasteiger partial charge in [-0.25, -0.2) is 9.87 Å². The van der Waals surface area contributed by atoms with Crippen LogP contribution in [0.3, 0.4) is 0 Å². The van der Waals surface area contributed by atoms with E-state index in [1.54, 1.807) is 25.4 Å². The maximum atomic E-state index is 10.7. The number of rotatable bonds is 4. The number of aromatic nitrogens is 1. The lowest BCUT2D eigenvalue weighted by Crippen LogP contribution is -2.76. The van der Waals surface area contributed by atoms with Crippen molar-refractivity contribution in [1.29, 1.82) is 0 Å². The van der Waals surface area contributed by atoms with Crippen LogP contribution in [0.5, 0.6) is 5.75 Å². The lowest BCUT2D eigenvalue weighted by molar-refractivity contribution is -0.645. The van der Waals surface area contributed by atoms with Crippen molar-refractivity contribution in [3.8, 4) is 5.75 Å². The Kier molecular flexibility index (Phi) is 6.00. The van der Waals surface area contributed by atoms with Crippen molar-refractivity contribution >= 4 is 21.6 Å². The first-order valence-electron chi connectivity index (χ1n) is 14.2. The van der Waals surface area contributed by atoms with Gasteiger partial charge in [-0.15, -0.1) is 11.3 Å². The van der Waals surface area contributed by atoms with Gasteiger partial charge in [-0.05, 0) is 74.8 Å². The fraction of sp³-hybridized carbons (Fsp3) is 0.759. The molecule has 2 aliphatic heterocycles. The predicted molar refractivity (Wildman–Crippen MR) is 142 cm³/mol. The minimum atomic E-state index is -1.44. The van der Waals surface area contributed by atoms with E-state index in [1.807, 2.05) is 6.07 Å². The molecule has 0 amide bonds. The second-order valence-electron chi connectivity index (χ2n) is 13.5. The van der Waals surface area contributed by atoms with Crippen molar-refractivity contribution in [2.75, 3.05) is 7.11 Å². The summed E-state index contributed by atoms with van der Waals surface area (Å²) in [7, 11) is 1.68. The van der Waals surface area contributed by atoms with Crippen molar-refractivity contribution < 1.29 is 39.3 Å². The van der Waals surface area contributed by atoms with E-state index < -0.39 is 42.1 Å². The summed E-state index contributed by atoms with van der Waals surface area (Å²) in [5.74, 6) is 1.53. The Labute approximate surface area is 232 Å². The molecule has 4 saturated carbocycles. The summed E-state index contributed by atoms with van der Waals surface area (Å²) in [4.78, 5) is 17.1. The summed E-state index contributed by atoms with van der Waals surface area (Å²) < 4.78 is 19.3. The first-order chi connectivity index (χ1) is 18.5.